The summed E-state index contributed by atoms with van der Waals surface area (Å²) in [4.78, 5) is 19.8. The summed E-state index contributed by atoms with van der Waals surface area (Å²) in [5.41, 5.74) is 7.31. The van der Waals surface area contributed by atoms with Gasteiger partial charge in [-0.3, -0.25) is 10.1 Å². The van der Waals surface area contributed by atoms with Gasteiger partial charge in [0.05, 0.1) is 22.2 Å². The van der Waals surface area contributed by atoms with Crippen LogP contribution in [0.5, 0.6) is 0 Å². The second kappa shape index (κ2) is 6.60. The number of imidazole rings is 1. The standard InChI is InChI=1S/C23H16N6S/c1-13-5-8-19(30-13)15-3-2-4-17-20(15)27-23(26-17)22-21-18(28-29-22)7-6-16(25-21)14-9-11-24-12-10-14/h2-12H,1H3,(H,26,27)(H,28,29). The molecule has 0 atom stereocenters. The van der Waals surface area contributed by atoms with Gasteiger partial charge in [0.2, 0.25) is 0 Å². The molecule has 0 aliphatic carbocycles. The van der Waals surface area contributed by atoms with Gasteiger partial charge in [0.15, 0.2) is 11.5 Å². The highest BCUT2D eigenvalue weighted by molar-refractivity contribution is 7.15. The number of nitrogens with one attached hydrogen (secondary N) is 2. The summed E-state index contributed by atoms with van der Waals surface area (Å²) in [6.07, 6.45) is 3.54. The molecule has 6 nitrogen and oxygen atoms in total. The van der Waals surface area contributed by atoms with Crippen LogP contribution in [0.3, 0.4) is 0 Å². The molecule has 0 amide bonds. The molecule has 0 spiro atoms. The minimum absolute atomic E-state index is 0.705. The first-order valence-electron chi connectivity index (χ1n) is 9.58. The molecule has 0 aliphatic rings. The van der Waals surface area contributed by atoms with Crippen molar-refractivity contribution in [3.8, 4) is 33.2 Å². The summed E-state index contributed by atoms with van der Waals surface area (Å²) in [5.74, 6) is 0.705. The van der Waals surface area contributed by atoms with E-state index in [2.05, 4.69) is 51.4 Å². The van der Waals surface area contributed by atoms with Gasteiger partial charge < -0.3 is 4.98 Å². The largest absolute Gasteiger partial charge is 0.336 e. The van der Waals surface area contributed by atoms with Crippen molar-refractivity contribution in [2.75, 3.05) is 0 Å². The van der Waals surface area contributed by atoms with Gasteiger partial charge in [-0.2, -0.15) is 5.10 Å². The fourth-order valence-electron chi connectivity index (χ4n) is 3.67. The van der Waals surface area contributed by atoms with Crippen LogP contribution in [-0.4, -0.2) is 30.1 Å². The molecule has 1 aromatic carbocycles. The fourth-order valence-corrected chi connectivity index (χ4v) is 4.56. The molecule has 2 N–H and O–H groups in total. The maximum absolute atomic E-state index is 4.91. The van der Waals surface area contributed by atoms with Crippen molar-refractivity contribution in [2.24, 2.45) is 0 Å². The third kappa shape index (κ3) is 2.71. The van der Waals surface area contributed by atoms with Gasteiger partial charge in [-0.05, 0) is 49.4 Å². The third-order valence-electron chi connectivity index (χ3n) is 5.13. The number of thiophene rings is 1. The van der Waals surface area contributed by atoms with Gasteiger partial charge in [0.1, 0.15) is 5.52 Å². The van der Waals surface area contributed by atoms with Crippen molar-refractivity contribution in [1.82, 2.24) is 30.1 Å². The second-order valence-corrected chi connectivity index (χ2v) is 8.39. The molecule has 0 unspecified atom stereocenters. The Bertz CT molecular complexity index is 1510. The van der Waals surface area contributed by atoms with Gasteiger partial charge in [-0.25, -0.2) is 9.97 Å². The topological polar surface area (TPSA) is 83.1 Å². The fraction of sp³-hybridized carbons (Fsp3) is 0.0435. The lowest BCUT2D eigenvalue weighted by molar-refractivity contribution is 1.10. The number of benzene rings is 1. The lowest BCUT2D eigenvalue weighted by Gasteiger charge is -2.00. The molecule has 6 aromatic rings. The van der Waals surface area contributed by atoms with Crippen LogP contribution >= 0.6 is 11.3 Å². The number of para-hydroxylation sites is 1. The number of aryl methyl sites for hydroxylation is 1. The first-order chi connectivity index (χ1) is 14.8. The predicted molar refractivity (Wildman–Crippen MR) is 120 cm³/mol. The summed E-state index contributed by atoms with van der Waals surface area (Å²) >= 11 is 1.77. The molecular formula is C23H16N6S. The van der Waals surface area contributed by atoms with Crippen molar-refractivity contribution in [3.63, 3.8) is 0 Å². The van der Waals surface area contributed by atoms with Crippen molar-refractivity contribution < 1.29 is 0 Å². The maximum Gasteiger partial charge on any atom is 0.161 e. The summed E-state index contributed by atoms with van der Waals surface area (Å²) in [6.45, 7) is 2.12. The van der Waals surface area contributed by atoms with Crippen LogP contribution in [0.1, 0.15) is 4.88 Å². The zero-order valence-electron chi connectivity index (χ0n) is 16.0. The minimum Gasteiger partial charge on any atom is -0.336 e. The lowest BCUT2D eigenvalue weighted by Crippen LogP contribution is -1.87. The summed E-state index contributed by atoms with van der Waals surface area (Å²) in [7, 11) is 0. The van der Waals surface area contributed by atoms with E-state index in [9.17, 15) is 0 Å². The van der Waals surface area contributed by atoms with Gasteiger partial charge in [-0.1, -0.05) is 12.1 Å². The molecule has 144 valence electrons. The normalized spacial score (nSPS) is 11.5. The van der Waals surface area contributed by atoms with E-state index in [1.165, 1.54) is 9.75 Å². The van der Waals surface area contributed by atoms with E-state index < -0.39 is 0 Å². The molecule has 5 aromatic heterocycles. The van der Waals surface area contributed by atoms with Crippen LogP contribution in [0, 0.1) is 6.92 Å². The Balaban J connectivity index is 1.52. The number of H-pyrrole nitrogens is 2. The van der Waals surface area contributed by atoms with Crippen LogP contribution in [0.4, 0.5) is 0 Å². The zero-order valence-corrected chi connectivity index (χ0v) is 16.9. The van der Waals surface area contributed by atoms with E-state index in [-0.39, 0.29) is 0 Å². The Morgan fingerprint density at radius 2 is 1.73 bits per heavy atom. The quantitative estimate of drug-likeness (QED) is 0.399. The molecule has 30 heavy (non-hydrogen) atoms. The van der Waals surface area contributed by atoms with E-state index in [1.807, 2.05) is 30.3 Å². The Kier molecular flexibility index (Phi) is 3.75. The summed E-state index contributed by atoms with van der Waals surface area (Å²) in [6, 6.07) is 18.4. The van der Waals surface area contributed by atoms with Crippen molar-refractivity contribution in [2.45, 2.75) is 6.92 Å². The zero-order chi connectivity index (χ0) is 20.1. The third-order valence-corrected chi connectivity index (χ3v) is 6.16. The molecule has 0 fully saturated rings. The monoisotopic (exact) mass is 408 g/mol. The van der Waals surface area contributed by atoms with E-state index in [0.29, 0.717) is 11.5 Å². The van der Waals surface area contributed by atoms with Gasteiger partial charge in [-0.15, -0.1) is 11.3 Å². The molecule has 6 rings (SSSR count). The van der Waals surface area contributed by atoms with Gasteiger partial charge in [0.25, 0.3) is 0 Å². The van der Waals surface area contributed by atoms with Crippen molar-refractivity contribution >= 4 is 33.4 Å². The molecule has 7 heteroatoms. The summed E-state index contributed by atoms with van der Waals surface area (Å²) < 4.78 is 0. The smallest absolute Gasteiger partial charge is 0.161 e. The average Bonchev–Trinajstić information content (AvgIpc) is 3.51. The Hall–Kier alpha value is -3.84. The Morgan fingerprint density at radius 3 is 2.57 bits per heavy atom. The second-order valence-electron chi connectivity index (χ2n) is 7.10. The van der Waals surface area contributed by atoms with Gasteiger partial charge in [0, 0.05) is 33.3 Å². The highest BCUT2D eigenvalue weighted by atomic mass is 32.1. The Morgan fingerprint density at radius 1 is 0.833 bits per heavy atom. The predicted octanol–water partition coefficient (Wildman–Crippen LogP) is 5.60. The van der Waals surface area contributed by atoms with Crippen molar-refractivity contribution in [1.29, 1.82) is 0 Å². The minimum atomic E-state index is 0.705. The summed E-state index contributed by atoms with van der Waals surface area (Å²) in [5, 5.41) is 7.59. The number of hydrogen-bond donors (Lipinski definition) is 2. The number of nitrogens with zero attached hydrogens (tertiary/aromatic N) is 4. The molecule has 0 radical (unpaired) electrons. The number of hydrogen-bond acceptors (Lipinski definition) is 5. The SMILES string of the molecule is Cc1ccc(-c2cccc3[nH]c(-c4n[nH]c5ccc(-c6ccncc6)nc45)nc23)s1. The van der Waals surface area contributed by atoms with Crippen LogP contribution in [0.2, 0.25) is 0 Å². The van der Waals surface area contributed by atoms with E-state index in [1.54, 1.807) is 23.7 Å². The maximum atomic E-state index is 4.91. The molecule has 0 aliphatic heterocycles. The van der Waals surface area contributed by atoms with Crippen LogP contribution in [-0.2, 0) is 0 Å². The number of aromatic amines is 2. The average molecular weight is 408 g/mol. The number of pyridine rings is 2. The molecular weight excluding hydrogens is 392 g/mol. The molecule has 0 bridgehead atoms. The van der Waals surface area contributed by atoms with Crippen LogP contribution < -0.4 is 0 Å². The number of rotatable bonds is 3. The number of fused-ring (bicyclic) bond motifs is 2. The van der Waals surface area contributed by atoms with E-state index in [4.69, 9.17) is 9.97 Å². The molecule has 0 saturated heterocycles. The Labute approximate surface area is 175 Å². The number of aromatic nitrogens is 6. The van der Waals surface area contributed by atoms with Crippen LogP contribution in [0.25, 0.3) is 55.3 Å². The molecule has 5 heterocycles. The van der Waals surface area contributed by atoms with Crippen LogP contribution in [0.15, 0.2) is 67.0 Å². The van der Waals surface area contributed by atoms with Gasteiger partial charge >= 0.3 is 0 Å². The first-order valence-corrected chi connectivity index (χ1v) is 10.4. The van der Waals surface area contributed by atoms with Crippen molar-refractivity contribution in [3.05, 3.63) is 71.9 Å². The highest BCUT2D eigenvalue weighted by Gasteiger charge is 2.17. The van der Waals surface area contributed by atoms with E-state index in [0.717, 1.165) is 38.9 Å². The highest BCUT2D eigenvalue weighted by Crippen LogP contribution is 2.34. The van der Waals surface area contributed by atoms with E-state index >= 15 is 0 Å². The lowest BCUT2D eigenvalue weighted by atomic mass is 10.1. The first kappa shape index (κ1) is 17.1. The molecule has 0 saturated carbocycles.